The summed E-state index contributed by atoms with van der Waals surface area (Å²) in [5.74, 6) is -0.819. The third-order valence-corrected chi connectivity index (χ3v) is 4.87. The Morgan fingerprint density at radius 1 is 1.23 bits per heavy atom. The van der Waals surface area contributed by atoms with Crippen LogP contribution in [0.25, 0.3) is 0 Å². The van der Waals surface area contributed by atoms with Crippen LogP contribution < -0.4 is 15.4 Å². The smallest absolute Gasteiger partial charge is 0.416 e. The lowest BCUT2D eigenvalue weighted by Crippen LogP contribution is -2.30. The van der Waals surface area contributed by atoms with E-state index in [-0.39, 0.29) is 36.1 Å². The lowest BCUT2D eigenvalue weighted by molar-refractivity contribution is -0.137. The normalized spacial score (nSPS) is 15.9. The van der Waals surface area contributed by atoms with Crippen molar-refractivity contribution in [3.63, 3.8) is 0 Å². The summed E-state index contributed by atoms with van der Waals surface area (Å²) in [4.78, 5) is 24.7. The van der Waals surface area contributed by atoms with Gasteiger partial charge in [0.1, 0.15) is 5.75 Å². The summed E-state index contributed by atoms with van der Waals surface area (Å²) in [6, 6.07) is 10.5. The van der Waals surface area contributed by atoms with Crippen LogP contribution in [0.1, 0.15) is 37.3 Å². The van der Waals surface area contributed by atoms with Crippen LogP contribution in [0, 0.1) is 5.92 Å². The number of rotatable bonds is 7. The lowest BCUT2D eigenvalue weighted by Gasteiger charge is -2.24. The number of alkyl halides is 3. The fourth-order valence-electron chi connectivity index (χ4n) is 3.31. The fourth-order valence-corrected chi connectivity index (χ4v) is 3.31. The fraction of sp³-hybridized carbons (Fsp3) is 0.364. The van der Waals surface area contributed by atoms with Crippen molar-refractivity contribution >= 4 is 23.2 Å². The van der Waals surface area contributed by atoms with E-state index in [4.69, 9.17) is 4.74 Å². The summed E-state index contributed by atoms with van der Waals surface area (Å²) in [5, 5.41) is 5.33. The van der Waals surface area contributed by atoms with Gasteiger partial charge in [-0.2, -0.15) is 13.2 Å². The summed E-state index contributed by atoms with van der Waals surface area (Å²) < 4.78 is 44.6. The number of carbonyl (C=O) groups is 2. The number of para-hydroxylation sites is 1. The Kier molecular flexibility index (Phi) is 6.64. The molecule has 1 aliphatic rings. The second-order valence-corrected chi connectivity index (χ2v) is 7.19. The monoisotopic (exact) mass is 420 g/mol. The largest absolute Gasteiger partial charge is 0.491 e. The highest BCUT2D eigenvalue weighted by Crippen LogP contribution is 2.35. The summed E-state index contributed by atoms with van der Waals surface area (Å²) in [6.07, 6.45) is -3.05. The van der Waals surface area contributed by atoms with Crippen LogP contribution in [0.2, 0.25) is 0 Å². The molecule has 30 heavy (non-hydrogen) atoms. The third-order valence-electron chi connectivity index (χ3n) is 4.87. The molecule has 8 heteroatoms. The van der Waals surface area contributed by atoms with Gasteiger partial charge in [0.2, 0.25) is 11.8 Å². The first-order valence-electron chi connectivity index (χ1n) is 9.80. The molecule has 2 amide bonds. The highest BCUT2D eigenvalue weighted by Gasteiger charge is 2.31. The molecular formula is C22H23F3N2O3. The van der Waals surface area contributed by atoms with Gasteiger partial charge in [0, 0.05) is 18.0 Å². The minimum atomic E-state index is -4.53. The molecule has 0 saturated carbocycles. The quantitative estimate of drug-likeness (QED) is 0.661. The van der Waals surface area contributed by atoms with Gasteiger partial charge in [0.25, 0.3) is 0 Å². The molecule has 2 aromatic rings. The van der Waals surface area contributed by atoms with Gasteiger partial charge >= 0.3 is 6.18 Å². The number of nitrogens with one attached hydrogen (secondary N) is 2. The maximum absolute atomic E-state index is 13.0. The Hall–Kier alpha value is -3.03. The van der Waals surface area contributed by atoms with Gasteiger partial charge in [0.15, 0.2) is 0 Å². The van der Waals surface area contributed by atoms with E-state index in [1.54, 1.807) is 0 Å². The SMILES string of the molecule is CCCOc1ccc(C(F)(F)F)cc1NC(=O)CCC1Cc2ccccc2NC1=O. The second-order valence-electron chi connectivity index (χ2n) is 7.19. The van der Waals surface area contributed by atoms with E-state index in [0.717, 1.165) is 23.4 Å². The first-order valence-corrected chi connectivity index (χ1v) is 9.80. The maximum atomic E-state index is 13.0. The topological polar surface area (TPSA) is 67.4 Å². The zero-order chi connectivity index (χ0) is 21.7. The molecule has 0 spiro atoms. The number of halogens is 3. The van der Waals surface area contributed by atoms with Crippen molar-refractivity contribution in [1.29, 1.82) is 0 Å². The number of amides is 2. The summed E-state index contributed by atoms with van der Waals surface area (Å²) in [6.45, 7) is 2.19. The van der Waals surface area contributed by atoms with Crippen LogP contribution in [0.5, 0.6) is 5.75 Å². The molecule has 160 valence electrons. The minimum absolute atomic E-state index is 0.00369. The third kappa shape index (κ3) is 5.31. The summed E-state index contributed by atoms with van der Waals surface area (Å²) >= 11 is 0. The number of fused-ring (bicyclic) bond motifs is 1. The van der Waals surface area contributed by atoms with Crippen molar-refractivity contribution < 1.29 is 27.5 Å². The molecule has 0 saturated heterocycles. The number of hydrogen-bond donors (Lipinski definition) is 2. The molecule has 0 aliphatic carbocycles. The van der Waals surface area contributed by atoms with E-state index in [1.165, 1.54) is 6.07 Å². The molecule has 0 radical (unpaired) electrons. The van der Waals surface area contributed by atoms with Crippen LogP contribution in [0.4, 0.5) is 24.5 Å². The van der Waals surface area contributed by atoms with Crippen molar-refractivity contribution in [3.8, 4) is 5.75 Å². The Morgan fingerprint density at radius 2 is 2.00 bits per heavy atom. The first-order chi connectivity index (χ1) is 14.3. The number of carbonyl (C=O) groups excluding carboxylic acids is 2. The molecule has 0 bridgehead atoms. The predicted octanol–water partition coefficient (Wildman–Crippen LogP) is 5.02. The van der Waals surface area contributed by atoms with Gasteiger partial charge in [-0.1, -0.05) is 25.1 Å². The number of hydrogen-bond acceptors (Lipinski definition) is 3. The molecule has 3 rings (SSSR count). The van der Waals surface area contributed by atoms with E-state index >= 15 is 0 Å². The maximum Gasteiger partial charge on any atom is 0.416 e. The Bertz CT molecular complexity index is 928. The molecule has 1 atom stereocenters. The molecule has 2 N–H and O–H groups in total. The van der Waals surface area contributed by atoms with E-state index in [0.29, 0.717) is 19.4 Å². The van der Waals surface area contributed by atoms with Gasteiger partial charge in [0.05, 0.1) is 17.9 Å². The van der Waals surface area contributed by atoms with Crippen LogP contribution >= 0.6 is 0 Å². The van der Waals surface area contributed by atoms with Crippen molar-refractivity contribution in [2.45, 2.75) is 38.8 Å². The van der Waals surface area contributed by atoms with E-state index in [2.05, 4.69) is 10.6 Å². The van der Waals surface area contributed by atoms with Crippen molar-refractivity contribution in [2.24, 2.45) is 5.92 Å². The molecule has 1 unspecified atom stereocenters. The Morgan fingerprint density at radius 3 is 2.73 bits per heavy atom. The highest BCUT2D eigenvalue weighted by molar-refractivity contribution is 5.97. The molecule has 0 aromatic heterocycles. The van der Waals surface area contributed by atoms with Crippen LogP contribution in [-0.4, -0.2) is 18.4 Å². The van der Waals surface area contributed by atoms with Crippen LogP contribution in [0.3, 0.4) is 0 Å². The molecule has 2 aromatic carbocycles. The lowest BCUT2D eigenvalue weighted by atomic mass is 9.89. The zero-order valence-corrected chi connectivity index (χ0v) is 16.5. The van der Waals surface area contributed by atoms with E-state index in [1.807, 2.05) is 31.2 Å². The average Bonchev–Trinajstić information content (AvgIpc) is 2.70. The summed E-state index contributed by atoms with van der Waals surface area (Å²) in [5.41, 5.74) is 0.868. The van der Waals surface area contributed by atoms with Gasteiger partial charge in [-0.05, 0) is 49.1 Å². The predicted molar refractivity (Wildman–Crippen MR) is 107 cm³/mol. The van der Waals surface area contributed by atoms with Crippen molar-refractivity contribution in [2.75, 3.05) is 17.2 Å². The molecular weight excluding hydrogens is 397 g/mol. The first kappa shape index (κ1) is 21.7. The molecule has 1 heterocycles. The standard InChI is InChI=1S/C22H23F3N2O3/c1-2-11-30-19-9-8-16(22(23,24)25)13-18(19)26-20(28)10-7-15-12-14-5-3-4-6-17(14)27-21(15)29/h3-6,8-9,13,15H,2,7,10-12H2,1H3,(H,26,28)(H,27,29). The Balaban J connectivity index is 1.66. The van der Waals surface area contributed by atoms with E-state index < -0.39 is 17.6 Å². The number of anilines is 2. The summed E-state index contributed by atoms with van der Waals surface area (Å²) in [7, 11) is 0. The van der Waals surface area contributed by atoms with Gasteiger partial charge in [-0.25, -0.2) is 0 Å². The van der Waals surface area contributed by atoms with Gasteiger partial charge in [-0.15, -0.1) is 0 Å². The van der Waals surface area contributed by atoms with Crippen LogP contribution in [0.15, 0.2) is 42.5 Å². The Labute approximate surface area is 172 Å². The van der Waals surface area contributed by atoms with Crippen molar-refractivity contribution in [1.82, 2.24) is 0 Å². The van der Waals surface area contributed by atoms with Crippen LogP contribution in [-0.2, 0) is 22.2 Å². The molecule has 1 aliphatic heterocycles. The zero-order valence-electron chi connectivity index (χ0n) is 16.5. The molecule has 5 nitrogen and oxygen atoms in total. The number of benzene rings is 2. The van der Waals surface area contributed by atoms with Gasteiger partial charge < -0.3 is 15.4 Å². The molecule has 0 fully saturated rings. The average molecular weight is 420 g/mol. The number of ether oxygens (including phenoxy) is 1. The minimum Gasteiger partial charge on any atom is -0.491 e. The van der Waals surface area contributed by atoms with E-state index in [9.17, 15) is 22.8 Å². The highest BCUT2D eigenvalue weighted by atomic mass is 19.4. The van der Waals surface area contributed by atoms with Gasteiger partial charge in [-0.3, -0.25) is 9.59 Å². The second kappa shape index (κ2) is 9.19. The van der Waals surface area contributed by atoms with Crippen molar-refractivity contribution in [3.05, 3.63) is 53.6 Å².